The minimum atomic E-state index is -0.0833. The topological polar surface area (TPSA) is 24.7 Å². The third kappa shape index (κ3) is 1.32. The van der Waals surface area contributed by atoms with Gasteiger partial charge in [-0.2, -0.15) is 0 Å². The first kappa shape index (κ1) is 8.02. The van der Waals surface area contributed by atoms with Gasteiger partial charge in [-0.3, -0.25) is 0 Å². The van der Waals surface area contributed by atoms with Crippen LogP contribution in [0.25, 0.3) is 0 Å². The zero-order valence-corrected chi connectivity index (χ0v) is 7.68. The van der Waals surface area contributed by atoms with Gasteiger partial charge in [0.15, 0.2) is 5.84 Å². The molecule has 12 heavy (non-hydrogen) atoms. The largest absolute Gasteiger partial charge is 0.217 e. The maximum atomic E-state index is 5.88. The average molecular weight is 201 g/mol. The Morgan fingerprint density at radius 1 is 1.50 bits per heavy atom. The van der Waals surface area contributed by atoms with Crippen LogP contribution in [0.5, 0.6) is 0 Å². The predicted molar refractivity (Wildman–Crippen MR) is 52.2 cm³/mol. The van der Waals surface area contributed by atoms with Gasteiger partial charge in [0.2, 0.25) is 0 Å². The first-order valence-electron chi connectivity index (χ1n) is 3.59. The molecule has 4 heteroatoms. The molecule has 1 aliphatic heterocycles. The number of nitrogens with zero attached hydrogens (tertiary/aromatic N) is 2. The van der Waals surface area contributed by atoms with Crippen LogP contribution >= 0.6 is 23.2 Å². The van der Waals surface area contributed by atoms with Gasteiger partial charge >= 0.3 is 0 Å². The molecule has 2 aliphatic rings. The van der Waals surface area contributed by atoms with E-state index in [-0.39, 0.29) is 5.38 Å². The fourth-order valence-electron chi connectivity index (χ4n) is 1.06. The van der Waals surface area contributed by atoms with Crippen LogP contribution in [-0.4, -0.2) is 17.6 Å². The molecule has 0 aromatic rings. The van der Waals surface area contributed by atoms with Gasteiger partial charge in [0.05, 0.1) is 5.38 Å². The Bertz CT molecular complexity index is 326. The molecule has 0 radical (unpaired) electrons. The smallest absolute Gasteiger partial charge is 0.162 e. The van der Waals surface area contributed by atoms with Gasteiger partial charge in [0, 0.05) is 10.6 Å². The lowest BCUT2D eigenvalue weighted by Crippen LogP contribution is -2.11. The molecule has 0 fully saturated rings. The summed E-state index contributed by atoms with van der Waals surface area (Å²) in [6.07, 6.45) is 6.09. The van der Waals surface area contributed by atoms with Crippen molar-refractivity contribution in [3.05, 3.63) is 22.8 Å². The fraction of sp³-hybridized carbons (Fsp3) is 0.250. The van der Waals surface area contributed by atoms with Gasteiger partial charge in [-0.15, -0.1) is 11.6 Å². The van der Waals surface area contributed by atoms with Crippen molar-refractivity contribution in [2.24, 2.45) is 9.98 Å². The van der Waals surface area contributed by atoms with Crippen LogP contribution in [0, 0.1) is 0 Å². The number of hydrogen-bond donors (Lipinski definition) is 0. The first-order valence-corrected chi connectivity index (χ1v) is 4.41. The van der Waals surface area contributed by atoms with E-state index in [2.05, 4.69) is 9.98 Å². The molecule has 2 rings (SSSR count). The van der Waals surface area contributed by atoms with Crippen LogP contribution in [0.15, 0.2) is 32.7 Å². The molecule has 1 unspecified atom stereocenters. The van der Waals surface area contributed by atoms with E-state index in [1.807, 2.05) is 12.2 Å². The van der Waals surface area contributed by atoms with Gasteiger partial charge in [-0.1, -0.05) is 17.7 Å². The minimum Gasteiger partial charge on any atom is -0.217 e. The average Bonchev–Trinajstić information content (AvgIpc) is 1.93. The second-order valence-electron chi connectivity index (χ2n) is 2.59. The summed E-state index contributed by atoms with van der Waals surface area (Å²) in [5, 5.41) is 0.582. The van der Waals surface area contributed by atoms with Crippen molar-refractivity contribution in [1.29, 1.82) is 0 Å². The number of amidine groups is 1. The van der Waals surface area contributed by atoms with Gasteiger partial charge < -0.3 is 0 Å². The molecule has 1 aliphatic carbocycles. The highest BCUT2D eigenvalue weighted by molar-refractivity contribution is 6.38. The van der Waals surface area contributed by atoms with Crippen LogP contribution < -0.4 is 0 Å². The Balaban J connectivity index is 2.19. The van der Waals surface area contributed by atoms with Crippen molar-refractivity contribution in [2.75, 3.05) is 0 Å². The summed E-state index contributed by atoms with van der Waals surface area (Å²) in [6.45, 7) is 0. The molecule has 0 bridgehead atoms. The van der Waals surface area contributed by atoms with Crippen LogP contribution in [0.3, 0.4) is 0 Å². The molecule has 62 valence electrons. The highest BCUT2D eigenvalue weighted by atomic mass is 35.5. The molecule has 1 heterocycles. The molecule has 0 N–H and O–H groups in total. The number of alkyl halides is 1. The second-order valence-corrected chi connectivity index (χ2v) is 3.55. The Labute approximate surface area is 80.3 Å². The summed E-state index contributed by atoms with van der Waals surface area (Å²) in [6, 6.07) is 0. The normalized spacial score (nSPS) is 27.2. The summed E-state index contributed by atoms with van der Waals surface area (Å²) < 4.78 is 0. The van der Waals surface area contributed by atoms with E-state index in [0.717, 1.165) is 17.8 Å². The molecule has 0 aromatic heterocycles. The number of rotatable bonds is 1. The zero-order valence-electron chi connectivity index (χ0n) is 6.17. The van der Waals surface area contributed by atoms with E-state index in [0.29, 0.717) is 5.03 Å². The van der Waals surface area contributed by atoms with E-state index >= 15 is 0 Å². The number of aliphatic imine (C=N–C) groups is 2. The van der Waals surface area contributed by atoms with Crippen molar-refractivity contribution in [3.8, 4) is 0 Å². The molecule has 0 amide bonds. The van der Waals surface area contributed by atoms with Gasteiger partial charge in [0.1, 0.15) is 6.34 Å². The molecule has 0 saturated heterocycles. The molecular weight excluding hydrogens is 195 g/mol. The molecule has 2 nitrogen and oxygen atoms in total. The van der Waals surface area contributed by atoms with Gasteiger partial charge in [-0.05, 0) is 12.5 Å². The van der Waals surface area contributed by atoms with Crippen LogP contribution in [0.4, 0.5) is 0 Å². The molecular formula is C8H6Cl2N2. The van der Waals surface area contributed by atoms with Crippen LogP contribution in [-0.2, 0) is 0 Å². The standard InChI is InChI=1S/C8H6Cl2N2/c9-6-2-1-5(3-7(6)10)8-11-4-12-8/h1,3-4,6H,2H2. The zero-order chi connectivity index (χ0) is 8.55. The fourth-order valence-corrected chi connectivity index (χ4v) is 1.42. The number of hydrogen-bond acceptors (Lipinski definition) is 2. The summed E-state index contributed by atoms with van der Waals surface area (Å²) in [4.78, 5) is 7.93. The molecule has 0 aromatic carbocycles. The lowest BCUT2D eigenvalue weighted by molar-refractivity contribution is 1.02. The van der Waals surface area contributed by atoms with E-state index in [1.165, 1.54) is 6.34 Å². The monoisotopic (exact) mass is 200 g/mol. The van der Waals surface area contributed by atoms with E-state index in [4.69, 9.17) is 23.2 Å². The maximum absolute atomic E-state index is 5.88. The van der Waals surface area contributed by atoms with Crippen LogP contribution in [0.1, 0.15) is 6.42 Å². The minimum absolute atomic E-state index is 0.0833. The third-order valence-corrected chi connectivity index (χ3v) is 2.65. The molecule has 1 atom stereocenters. The SMILES string of the molecule is ClC1=CC(C2=NC=N2)=CCC1Cl. The summed E-state index contributed by atoms with van der Waals surface area (Å²) in [7, 11) is 0. The van der Waals surface area contributed by atoms with E-state index in [9.17, 15) is 0 Å². The highest BCUT2D eigenvalue weighted by Gasteiger charge is 2.17. The molecule has 0 spiro atoms. The highest BCUT2D eigenvalue weighted by Crippen LogP contribution is 2.26. The van der Waals surface area contributed by atoms with Gasteiger partial charge in [-0.25, -0.2) is 9.98 Å². The van der Waals surface area contributed by atoms with Crippen molar-refractivity contribution in [2.45, 2.75) is 11.8 Å². The Kier molecular flexibility index (Phi) is 2.03. The van der Waals surface area contributed by atoms with Crippen LogP contribution in [0.2, 0.25) is 0 Å². The lowest BCUT2D eigenvalue weighted by Gasteiger charge is -2.14. The van der Waals surface area contributed by atoms with Crippen molar-refractivity contribution >= 4 is 35.4 Å². The Hall–Kier alpha value is -0.600. The van der Waals surface area contributed by atoms with E-state index in [1.54, 1.807) is 0 Å². The molecule has 0 saturated carbocycles. The number of allylic oxidation sites excluding steroid dienone is 2. The van der Waals surface area contributed by atoms with Gasteiger partial charge in [0.25, 0.3) is 0 Å². The summed E-state index contributed by atoms with van der Waals surface area (Å²) in [5.74, 6) is 0.747. The summed E-state index contributed by atoms with van der Waals surface area (Å²) in [5.41, 5.74) is 0.972. The van der Waals surface area contributed by atoms with Crippen molar-refractivity contribution < 1.29 is 0 Å². The quantitative estimate of drug-likeness (QED) is 0.582. The summed E-state index contributed by atoms with van der Waals surface area (Å²) >= 11 is 11.7. The van der Waals surface area contributed by atoms with Crippen molar-refractivity contribution in [3.63, 3.8) is 0 Å². The third-order valence-electron chi connectivity index (χ3n) is 1.76. The lowest BCUT2D eigenvalue weighted by atomic mass is 10.1. The van der Waals surface area contributed by atoms with Crippen molar-refractivity contribution in [1.82, 2.24) is 0 Å². The maximum Gasteiger partial charge on any atom is 0.162 e. The first-order chi connectivity index (χ1) is 5.77. The predicted octanol–water partition coefficient (Wildman–Crippen LogP) is 2.49. The number of halogens is 2. The van der Waals surface area contributed by atoms with E-state index < -0.39 is 0 Å². The second kappa shape index (κ2) is 3.04. The Morgan fingerprint density at radius 3 is 2.75 bits per heavy atom. The Morgan fingerprint density at radius 2 is 2.25 bits per heavy atom.